The summed E-state index contributed by atoms with van der Waals surface area (Å²) in [5, 5.41) is 0. The molecule has 2 heterocycles. The van der Waals surface area contributed by atoms with Gasteiger partial charge in [0.1, 0.15) is 17.1 Å². The van der Waals surface area contributed by atoms with Gasteiger partial charge in [-0.15, -0.1) is 0 Å². The minimum atomic E-state index is -0.0173. The Hall–Kier alpha value is -2.44. The molecule has 0 bridgehead atoms. The maximum atomic E-state index is 13.0. The lowest BCUT2D eigenvalue weighted by atomic mass is 10.2. The van der Waals surface area contributed by atoms with Gasteiger partial charge in [-0.1, -0.05) is 18.2 Å². The highest BCUT2D eigenvalue weighted by molar-refractivity contribution is 5.96. The summed E-state index contributed by atoms with van der Waals surface area (Å²) in [5.74, 6) is 1.24. The number of hydrogen-bond donors (Lipinski definition) is 0. The van der Waals surface area contributed by atoms with E-state index in [0.717, 1.165) is 39.3 Å². The van der Waals surface area contributed by atoms with Gasteiger partial charge in [0.05, 0.1) is 0 Å². The van der Waals surface area contributed by atoms with Crippen LogP contribution in [0.25, 0.3) is 0 Å². The Morgan fingerprint density at radius 3 is 2.54 bits per heavy atom. The van der Waals surface area contributed by atoms with Crippen molar-refractivity contribution in [3.8, 4) is 11.5 Å². The van der Waals surface area contributed by atoms with Crippen molar-refractivity contribution in [3.05, 3.63) is 54.4 Å². The average molecular weight is 354 g/mol. The van der Waals surface area contributed by atoms with Crippen LogP contribution in [0.5, 0.6) is 11.5 Å². The third kappa shape index (κ3) is 4.80. The Bertz CT molecular complexity index is 713. The third-order valence-electron chi connectivity index (χ3n) is 4.51. The Morgan fingerprint density at radius 1 is 1.12 bits per heavy atom. The molecule has 0 atom stereocenters. The van der Waals surface area contributed by atoms with Crippen molar-refractivity contribution in [1.29, 1.82) is 0 Å². The van der Waals surface area contributed by atoms with Crippen LogP contribution in [-0.4, -0.2) is 79.0 Å². The van der Waals surface area contributed by atoms with E-state index in [4.69, 9.17) is 4.74 Å². The molecule has 1 amide bonds. The summed E-state index contributed by atoms with van der Waals surface area (Å²) in [6.45, 7) is 5.32. The fourth-order valence-electron chi connectivity index (χ4n) is 2.93. The van der Waals surface area contributed by atoms with Crippen molar-refractivity contribution in [1.82, 2.24) is 19.7 Å². The molecule has 0 saturated carbocycles. The summed E-state index contributed by atoms with van der Waals surface area (Å²) in [4.78, 5) is 23.6. The number of carbonyl (C=O) groups excluding carboxylic acids is 1. The molecular formula is C20H26N4O2. The number of para-hydroxylation sites is 1. The van der Waals surface area contributed by atoms with Crippen molar-refractivity contribution in [2.75, 3.05) is 53.4 Å². The molecular weight excluding hydrogens is 328 g/mol. The van der Waals surface area contributed by atoms with E-state index in [1.54, 1.807) is 18.5 Å². The van der Waals surface area contributed by atoms with Gasteiger partial charge >= 0.3 is 0 Å². The van der Waals surface area contributed by atoms with Crippen molar-refractivity contribution in [2.45, 2.75) is 0 Å². The number of aromatic nitrogens is 1. The topological polar surface area (TPSA) is 48.9 Å². The van der Waals surface area contributed by atoms with Crippen molar-refractivity contribution >= 4 is 5.91 Å². The molecule has 0 N–H and O–H groups in total. The molecule has 0 aliphatic carbocycles. The molecule has 26 heavy (non-hydrogen) atoms. The van der Waals surface area contributed by atoms with Gasteiger partial charge in [-0.3, -0.25) is 14.7 Å². The predicted molar refractivity (Wildman–Crippen MR) is 102 cm³/mol. The number of pyridine rings is 1. The van der Waals surface area contributed by atoms with E-state index in [2.05, 4.69) is 28.9 Å². The summed E-state index contributed by atoms with van der Waals surface area (Å²) >= 11 is 0. The predicted octanol–water partition coefficient (Wildman–Crippen LogP) is 2.19. The van der Waals surface area contributed by atoms with Crippen LogP contribution in [0.1, 0.15) is 10.4 Å². The summed E-state index contributed by atoms with van der Waals surface area (Å²) in [6, 6.07) is 11.2. The monoisotopic (exact) mass is 354 g/mol. The standard InChI is InChI=1S/C20H26N4O2/c1-22(2)10-11-23-12-14-24(15-13-23)20(25)18-16-21-9-8-19(18)26-17-6-4-3-5-7-17/h3-9,16H,10-15H2,1-2H3. The molecule has 3 rings (SSSR count). The van der Waals surface area contributed by atoms with Crippen LogP contribution in [0, 0.1) is 0 Å². The van der Waals surface area contributed by atoms with Crippen LogP contribution < -0.4 is 4.74 Å². The molecule has 2 aromatic rings. The maximum absolute atomic E-state index is 13.0. The van der Waals surface area contributed by atoms with Crippen molar-refractivity contribution in [3.63, 3.8) is 0 Å². The molecule has 1 aromatic carbocycles. The van der Waals surface area contributed by atoms with Gasteiger partial charge in [0, 0.05) is 51.7 Å². The second-order valence-electron chi connectivity index (χ2n) is 6.72. The normalized spacial score (nSPS) is 15.3. The van der Waals surface area contributed by atoms with Crippen LogP contribution in [-0.2, 0) is 0 Å². The average Bonchev–Trinajstić information content (AvgIpc) is 2.67. The molecule has 1 fully saturated rings. The van der Waals surface area contributed by atoms with Gasteiger partial charge in [-0.2, -0.15) is 0 Å². The third-order valence-corrected chi connectivity index (χ3v) is 4.51. The summed E-state index contributed by atoms with van der Waals surface area (Å²) < 4.78 is 5.90. The molecule has 1 saturated heterocycles. The highest BCUT2D eigenvalue weighted by Gasteiger charge is 2.24. The largest absolute Gasteiger partial charge is 0.456 e. The molecule has 6 heteroatoms. The van der Waals surface area contributed by atoms with E-state index >= 15 is 0 Å². The van der Waals surface area contributed by atoms with Crippen LogP contribution in [0.15, 0.2) is 48.8 Å². The Morgan fingerprint density at radius 2 is 1.85 bits per heavy atom. The lowest BCUT2D eigenvalue weighted by Crippen LogP contribution is -2.50. The molecule has 1 aliphatic rings. The minimum absolute atomic E-state index is 0.0173. The second kappa shape index (κ2) is 8.78. The Kier molecular flexibility index (Phi) is 6.20. The fourth-order valence-corrected chi connectivity index (χ4v) is 2.93. The molecule has 0 radical (unpaired) electrons. The first-order valence-electron chi connectivity index (χ1n) is 8.97. The SMILES string of the molecule is CN(C)CCN1CCN(C(=O)c2cnccc2Oc2ccccc2)CC1. The van der Waals surface area contributed by atoms with Crippen LogP contribution >= 0.6 is 0 Å². The Labute approximate surface area is 155 Å². The van der Waals surface area contributed by atoms with E-state index in [1.165, 1.54) is 0 Å². The van der Waals surface area contributed by atoms with Crippen LogP contribution in [0.4, 0.5) is 0 Å². The fraction of sp³-hybridized carbons (Fsp3) is 0.400. The van der Waals surface area contributed by atoms with Gasteiger partial charge in [0.15, 0.2) is 0 Å². The zero-order valence-corrected chi connectivity index (χ0v) is 15.5. The van der Waals surface area contributed by atoms with Gasteiger partial charge in [0.2, 0.25) is 0 Å². The number of rotatable bonds is 6. The van der Waals surface area contributed by atoms with E-state index in [1.807, 2.05) is 35.2 Å². The molecule has 1 aromatic heterocycles. The maximum Gasteiger partial charge on any atom is 0.259 e. The number of nitrogens with zero attached hydrogens (tertiary/aromatic N) is 4. The van der Waals surface area contributed by atoms with Crippen LogP contribution in [0.2, 0.25) is 0 Å². The first-order chi connectivity index (χ1) is 12.6. The van der Waals surface area contributed by atoms with Crippen molar-refractivity contribution < 1.29 is 9.53 Å². The number of ether oxygens (including phenoxy) is 1. The van der Waals surface area contributed by atoms with E-state index in [-0.39, 0.29) is 5.91 Å². The zero-order valence-electron chi connectivity index (χ0n) is 15.5. The number of amides is 1. The lowest BCUT2D eigenvalue weighted by molar-refractivity contribution is 0.0627. The number of benzene rings is 1. The number of hydrogen-bond acceptors (Lipinski definition) is 5. The first-order valence-corrected chi connectivity index (χ1v) is 8.97. The lowest BCUT2D eigenvalue weighted by Gasteiger charge is -2.35. The second-order valence-corrected chi connectivity index (χ2v) is 6.72. The molecule has 0 spiro atoms. The van der Waals surface area contributed by atoms with Gasteiger partial charge in [-0.25, -0.2) is 0 Å². The smallest absolute Gasteiger partial charge is 0.259 e. The zero-order chi connectivity index (χ0) is 18.4. The summed E-state index contributed by atoms with van der Waals surface area (Å²) in [5.41, 5.74) is 0.512. The quantitative estimate of drug-likeness (QED) is 0.796. The molecule has 6 nitrogen and oxygen atoms in total. The van der Waals surface area contributed by atoms with Crippen LogP contribution in [0.3, 0.4) is 0 Å². The van der Waals surface area contributed by atoms with Gasteiger partial charge in [0.25, 0.3) is 5.91 Å². The highest BCUT2D eigenvalue weighted by Crippen LogP contribution is 2.25. The Balaban J connectivity index is 1.64. The highest BCUT2D eigenvalue weighted by atomic mass is 16.5. The number of carbonyl (C=O) groups is 1. The number of piperazine rings is 1. The summed E-state index contributed by atoms with van der Waals surface area (Å²) in [7, 11) is 4.16. The van der Waals surface area contributed by atoms with Gasteiger partial charge < -0.3 is 14.5 Å². The van der Waals surface area contributed by atoms with E-state index < -0.39 is 0 Å². The van der Waals surface area contributed by atoms with Crippen molar-refractivity contribution in [2.24, 2.45) is 0 Å². The van der Waals surface area contributed by atoms with E-state index in [9.17, 15) is 4.79 Å². The molecule has 138 valence electrons. The number of likely N-dealkylation sites (N-methyl/N-ethyl adjacent to an activating group) is 1. The summed E-state index contributed by atoms with van der Waals surface area (Å²) in [6.07, 6.45) is 3.24. The first kappa shape index (κ1) is 18.4. The van der Waals surface area contributed by atoms with Gasteiger partial charge in [-0.05, 0) is 32.3 Å². The molecule has 0 unspecified atom stereocenters. The minimum Gasteiger partial charge on any atom is -0.456 e. The molecule has 1 aliphatic heterocycles. The van der Waals surface area contributed by atoms with E-state index in [0.29, 0.717) is 17.1 Å².